The second-order valence-corrected chi connectivity index (χ2v) is 5.92. The molecule has 0 saturated carbocycles. The minimum atomic E-state index is -0.236. The molecule has 0 bridgehead atoms. The first kappa shape index (κ1) is 16.8. The number of hydrogen-bond acceptors (Lipinski definition) is 5. The summed E-state index contributed by atoms with van der Waals surface area (Å²) in [6.07, 6.45) is 1.68. The van der Waals surface area contributed by atoms with Crippen molar-refractivity contribution in [1.82, 2.24) is 10.3 Å². The van der Waals surface area contributed by atoms with E-state index in [4.69, 9.17) is 4.74 Å². The molecular weight excluding hydrogens is 320 g/mol. The zero-order valence-electron chi connectivity index (χ0n) is 14.4. The van der Waals surface area contributed by atoms with Crippen molar-refractivity contribution in [3.63, 3.8) is 0 Å². The molecule has 1 aromatic heterocycles. The van der Waals surface area contributed by atoms with Gasteiger partial charge in [0.15, 0.2) is 5.82 Å². The number of benzene rings is 1. The molecule has 1 N–H and O–H groups in total. The fraction of sp³-hybridized carbons (Fsp3) is 0.278. The minimum absolute atomic E-state index is 0.226. The Labute approximate surface area is 146 Å². The molecule has 3 rings (SSSR count). The zero-order valence-corrected chi connectivity index (χ0v) is 14.4. The molecule has 0 fully saturated rings. The lowest BCUT2D eigenvalue weighted by Crippen LogP contribution is -2.29. The summed E-state index contributed by atoms with van der Waals surface area (Å²) in [5.41, 5.74) is 1.47. The molecule has 1 aliphatic rings. The maximum Gasteiger partial charge on any atom is 0.258 e. The van der Waals surface area contributed by atoms with Gasteiger partial charge in [0.2, 0.25) is 0 Å². The number of hydrogen-bond donors (Lipinski definition) is 1. The quantitative estimate of drug-likeness (QED) is 0.917. The van der Waals surface area contributed by atoms with E-state index in [2.05, 4.69) is 10.3 Å². The number of nitrogens with zero attached hydrogens (tertiary/aromatic N) is 3. The first-order valence-electron chi connectivity index (χ1n) is 7.94. The van der Waals surface area contributed by atoms with Crippen LogP contribution in [0.3, 0.4) is 0 Å². The van der Waals surface area contributed by atoms with Crippen molar-refractivity contribution in [3.8, 4) is 5.75 Å². The van der Waals surface area contributed by atoms with Crippen LogP contribution in [-0.4, -0.2) is 51.1 Å². The highest BCUT2D eigenvalue weighted by Gasteiger charge is 2.22. The molecule has 0 radical (unpaired) electrons. The highest BCUT2D eigenvalue weighted by molar-refractivity contribution is 6.09. The van der Waals surface area contributed by atoms with Gasteiger partial charge in [0.1, 0.15) is 12.4 Å². The first-order valence-corrected chi connectivity index (χ1v) is 7.94. The highest BCUT2D eigenvalue weighted by atomic mass is 16.5. The first-order chi connectivity index (χ1) is 12.0. The van der Waals surface area contributed by atoms with Crippen LogP contribution in [0, 0.1) is 0 Å². The Morgan fingerprint density at radius 2 is 2.04 bits per heavy atom. The number of ether oxygens (including phenoxy) is 1. The maximum atomic E-state index is 12.9. The topological polar surface area (TPSA) is 74.8 Å². The van der Waals surface area contributed by atoms with Crippen molar-refractivity contribution < 1.29 is 14.3 Å². The number of aromatic nitrogens is 1. The van der Waals surface area contributed by atoms with Crippen LogP contribution < -0.4 is 19.9 Å². The molecule has 0 saturated heterocycles. The predicted molar refractivity (Wildman–Crippen MR) is 95.6 cm³/mol. The predicted octanol–water partition coefficient (Wildman–Crippen LogP) is 1.55. The molecule has 0 unspecified atom stereocenters. The standard InChI is InChI=1S/C18H20N4O3/c1-21(2)16-14(5-4-8-19-16)22(3)18(24)12-6-7-15-13(11-12)17(23)20-9-10-25-15/h4-8,11H,9-10H2,1-3H3,(H,20,23). The smallest absolute Gasteiger partial charge is 0.258 e. The fourth-order valence-electron chi connectivity index (χ4n) is 2.69. The number of amides is 2. The van der Waals surface area contributed by atoms with Crippen LogP contribution >= 0.6 is 0 Å². The van der Waals surface area contributed by atoms with Crippen LogP contribution in [0.4, 0.5) is 11.5 Å². The van der Waals surface area contributed by atoms with E-state index in [9.17, 15) is 9.59 Å². The Hall–Kier alpha value is -3.09. The summed E-state index contributed by atoms with van der Waals surface area (Å²) < 4.78 is 5.52. The van der Waals surface area contributed by atoms with Crippen LogP contribution in [0.5, 0.6) is 5.75 Å². The zero-order chi connectivity index (χ0) is 18.0. The van der Waals surface area contributed by atoms with Crippen molar-refractivity contribution >= 4 is 23.3 Å². The van der Waals surface area contributed by atoms with Gasteiger partial charge < -0.3 is 19.9 Å². The summed E-state index contributed by atoms with van der Waals surface area (Å²) in [5.74, 6) is 0.717. The Bertz CT molecular complexity index is 820. The molecule has 7 nitrogen and oxygen atoms in total. The molecule has 7 heteroatoms. The fourth-order valence-corrected chi connectivity index (χ4v) is 2.69. The molecule has 0 atom stereocenters. The second kappa shape index (κ2) is 6.80. The highest BCUT2D eigenvalue weighted by Crippen LogP contribution is 2.27. The Morgan fingerprint density at radius 3 is 2.80 bits per heavy atom. The number of carbonyl (C=O) groups excluding carboxylic acids is 2. The number of nitrogens with one attached hydrogen (secondary N) is 1. The number of fused-ring (bicyclic) bond motifs is 1. The van der Waals surface area contributed by atoms with Gasteiger partial charge in [0.05, 0.1) is 17.8 Å². The van der Waals surface area contributed by atoms with Crippen molar-refractivity contribution in [2.75, 3.05) is 44.1 Å². The Balaban J connectivity index is 1.95. The van der Waals surface area contributed by atoms with Gasteiger partial charge in [-0.25, -0.2) is 4.98 Å². The molecule has 2 amide bonds. The van der Waals surface area contributed by atoms with Gasteiger partial charge in [-0.3, -0.25) is 9.59 Å². The molecule has 2 aromatic rings. The van der Waals surface area contributed by atoms with Gasteiger partial charge in [0.25, 0.3) is 11.8 Å². The minimum Gasteiger partial charge on any atom is -0.491 e. The van der Waals surface area contributed by atoms with Gasteiger partial charge in [-0.1, -0.05) is 0 Å². The molecule has 130 valence electrons. The van der Waals surface area contributed by atoms with Gasteiger partial charge in [-0.15, -0.1) is 0 Å². The maximum absolute atomic E-state index is 12.9. The van der Waals surface area contributed by atoms with Gasteiger partial charge in [-0.2, -0.15) is 0 Å². The van der Waals surface area contributed by atoms with E-state index in [0.29, 0.717) is 41.5 Å². The second-order valence-electron chi connectivity index (χ2n) is 5.92. The summed E-state index contributed by atoms with van der Waals surface area (Å²) in [7, 11) is 5.43. The average molecular weight is 340 g/mol. The lowest BCUT2D eigenvalue weighted by molar-refractivity contribution is 0.0957. The molecule has 2 heterocycles. The van der Waals surface area contributed by atoms with E-state index in [1.807, 2.05) is 25.1 Å². The van der Waals surface area contributed by atoms with Gasteiger partial charge >= 0.3 is 0 Å². The van der Waals surface area contributed by atoms with Gasteiger partial charge in [-0.05, 0) is 30.3 Å². The molecule has 1 aliphatic heterocycles. The third-order valence-corrected chi connectivity index (χ3v) is 3.97. The van der Waals surface area contributed by atoms with E-state index in [1.54, 1.807) is 37.5 Å². The molecule has 0 spiro atoms. The number of carbonyl (C=O) groups is 2. The van der Waals surface area contributed by atoms with E-state index >= 15 is 0 Å². The van der Waals surface area contributed by atoms with E-state index < -0.39 is 0 Å². The number of pyridine rings is 1. The molecule has 25 heavy (non-hydrogen) atoms. The monoisotopic (exact) mass is 340 g/mol. The normalized spacial score (nSPS) is 13.2. The Morgan fingerprint density at radius 1 is 1.24 bits per heavy atom. The number of anilines is 2. The summed E-state index contributed by atoms with van der Waals surface area (Å²) in [5, 5.41) is 2.75. The van der Waals surface area contributed by atoms with Crippen LogP contribution in [-0.2, 0) is 0 Å². The third-order valence-electron chi connectivity index (χ3n) is 3.97. The molecule has 1 aromatic carbocycles. The summed E-state index contributed by atoms with van der Waals surface area (Å²) >= 11 is 0. The molecular formula is C18H20N4O3. The van der Waals surface area contributed by atoms with Gasteiger partial charge in [0, 0.05) is 32.9 Å². The third kappa shape index (κ3) is 3.26. The SMILES string of the molecule is CN(C)c1ncccc1N(C)C(=O)c1ccc2c(c1)C(=O)NCCO2. The number of rotatable bonds is 3. The van der Waals surface area contributed by atoms with E-state index in [0.717, 1.165) is 0 Å². The summed E-state index contributed by atoms with van der Waals surface area (Å²) in [6, 6.07) is 8.52. The van der Waals surface area contributed by atoms with Crippen LogP contribution in [0.15, 0.2) is 36.5 Å². The van der Waals surface area contributed by atoms with Crippen molar-refractivity contribution in [2.45, 2.75) is 0 Å². The van der Waals surface area contributed by atoms with E-state index in [-0.39, 0.29) is 11.8 Å². The largest absolute Gasteiger partial charge is 0.491 e. The lowest BCUT2D eigenvalue weighted by atomic mass is 10.1. The lowest BCUT2D eigenvalue weighted by Gasteiger charge is -2.23. The van der Waals surface area contributed by atoms with Crippen molar-refractivity contribution in [2.24, 2.45) is 0 Å². The van der Waals surface area contributed by atoms with Crippen molar-refractivity contribution in [3.05, 3.63) is 47.7 Å². The van der Waals surface area contributed by atoms with Crippen molar-refractivity contribution in [1.29, 1.82) is 0 Å². The average Bonchev–Trinajstić information content (AvgIpc) is 2.81. The van der Waals surface area contributed by atoms with Crippen LogP contribution in [0.2, 0.25) is 0 Å². The summed E-state index contributed by atoms with van der Waals surface area (Å²) in [4.78, 5) is 32.7. The van der Waals surface area contributed by atoms with E-state index in [1.165, 1.54) is 4.90 Å². The molecule has 0 aliphatic carbocycles. The Kier molecular flexibility index (Phi) is 4.56. The van der Waals surface area contributed by atoms with Crippen LogP contribution in [0.25, 0.3) is 0 Å². The van der Waals surface area contributed by atoms with Crippen LogP contribution in [0.1, 0.15) is 20.7 Å². The summed E-state index contributed by atoms with van der Waals surface area (Å²) in [6.45, 7) is 0.854.